The van der Waals surface area contributed by atoms with Crippen molar-refractivity contribution in [3.8, 4) is 0 Å². The maximum absolute atomic E-state index is 12.0. The summed E-state index contributed by atoms with van der Waals surface area (Å²) in [5.74, 6) is -0.828. The number of halogens is 6. The molecule has 6 aromatic heterocycles. The molecule has 604 valence electrons. The Morgan fingerprint density at radius 1 is 0.532 bits per heavy atom. The molecule has 6 fully saturated rings. The third-order valence-corrected chi connectivity index (χ3v) is 25.5. The van der Waals surface area contributed by atoms with Gasteiger partial charge in [0.2, 0.25) is 0 Å². The van der Waals surface area contributed by atoms with E-state index in [4.69, 9.17) is 53.3 Å². The maximum Gasteiger partial charge on any atom is 0.408 e. The van der Waals surface area contributed by atoms with Gasteiger partial charge in [0.25, 0.3) is 5.91 Å². The number of nitrogens with zero attached hydrogens (tertiary/aromatic N) is 11. The largest absolute Gasteiger partial charge is 0.478 e. The first-order valence-corrected chi connectivity index (χ1v) is 42.7. The van der Waals surface area contributed by atoms with Crippen molar-refractivity contribution in [1.82, 2.24) is 75.1 Å². The van der Waals surface area contributed by atoms with Crippen LogP contribution >= 0.6 is 136 Å². The second-order valence-corrected chi connectivity index (χ2v) is 36.4. The molecular formula is C73H93I6N15O17. The Bertz CT molecular complexity index is 4260. The minimum atomic E-state index is -0.840. The first-order valence-electron chi connectivity index (χ1n) is 36.2. The summed E-state index contributed by atoms with van der Waals surface area (Å²) in [7, 11) is 0. The summed E-state index contributed by atoms with van der Waals surface area (Å²) in [4.78, 5) is 135. The quantitative estimate of drug-likeness (QED) is 0.0489. The average Bonchev–Trinajstić information content (AvgIpc) is 1.61. The molecule has 32 nitrogen and oxygen atoms in total. The van der Waals surface area contributed by atoms with Crippen molar-refractivity contribution in [2.24, 2.45) is 16.2 Å². The molecule has 6 aliphatic carbocycles. The number of nitrogens with one attached hydrogen (secondary N) is 4. The van der Waals surface area contributed by atoms with Gasteiger partial charge in [0, 0.05) is 54.3 Å². The van der Waals surface area contributed by atoms with Gasteiger partial charge in [0.05, 0.1) is 64.5 Å². The highest BCUT2D eigenvalue weighted by Gasteiger charge is 2.51. The highest BCUT2D eigenvalue weighted by atomic mass is 127. The molecule has 111 heavy (non-hydrogen) atoms. The maximum atomic E-state index is 12.0. The van der Waals surface area contributed by atoms with Gasteiger partial charge in [-0.1, -0.05) is 34.6 Å². The molecule has 6 aromatic rings. The molecule has 2 amide bonds. The minimum absolute atomic E-state index is 0.0761. The molecule has 6 N–H and O–H groups in total. The normalized spacial score (nSPS) is 17.6. The molecule has 0 aromatic carbocycles. The number of aliphatic hydroxyl groups is 1. The molecule has 0 atom stereocenters. The highest BCUT2D eigenvalue weighted by Crippen LogP contribution is 2.54. The van der Waals surface area contributed by atoms with Gasteiger partial charge < -0.3 is 30.9 Å². The molecule has 0 radical (unpaired) electrons. The molecule has 6 saturated carbocycles. The van der Waals surface area contributed by atoms with Crippen molar-refractivity contribution < 1.29 is 82.1 Å². The number of aromatic nitrogens is 12. The summed E-state index contributed by atoms with van der Waals surface area (Å²) in [5, 5.41) is 56.5. The predicted octanol–water partition coefficient (Wildman–Crippen LogP) is 10.9. The molecule has 0 unspecified atom stereocenters. The molecule has 0 bridgehead atoms. The summed E-state index contributed by atoms with van der Waals surface area (Å²) in [6.07, 6.45) is 23.2. The number of ether oxygens (including phenoxy) is 1. The zero-order valence-electron chi connectivity index (χ0n) is 63.8. The number of H-pyrrole nitrogens is 1. The van der Waals surface area contributed by atoms with Crippen LogP contribution in [0, 0.1) is 38.4 Å². The Morgan fingerprint density at radius 2 is 0.964 bits per heavy atom. The van der Waals surface area contributed by atoms with E-state index in [1.165, 1.54) is 92.9 Å². The van der Waals surface area contributed by atoms with Crippen molar-refractivity contribution in [3.63, 3.8) is 0 Å². The Kier molecular flexibility index (Phi) is 34.6. The van der Waals surface area contributed by atoms with E-state index in [1.54, 1.807) is 18.5 Å². The van der Waals surface area contributed by atoms with Gasteiger partial charge in [0.1, 0.15) is 39.1 Å². The Labute approximate surface area is 723 Å². The Balaban J connectivity index is 0.000000200. The van der Waals surface area contributed by atoms with Crippen LogP contribution in [0.3, 0.4) is 0 Å². The van der Waals surface area contributed by atoms with Crippen LogP contribution < -0.4 is 16.0 Å². The lowest BCUT2D eigenvalue weighted by Gasteiger charge is -2.24. The number of aromatic carboxylic acids is 1. The number of aromatic amines is 1. The minimum Gasteiger partial charge on any atom is -0.478 e. The smallest absolute Gasteiger partial charge is 0.408 e. The molecule has 4 aliphatic heterocycles. The van der Waals surface area contributed by atoms with Gasteiger partial charge in [-0.25, -0.2) is 9.59 Å². The van der Waals surface area contributed by atoms with Crippen LogP contribution in [0.15, 0.2) is 0 Å². The lowest BCUT2D eigenvalue weighted by Crippen LogP contribution is -2.46. The van der Waals surface area contributed by atoms with Crippen LogP contribution in [-0.2, 0) is 121 Å². The van der Waals surface area contributed by atoms with Gasteiger partial charge in [-0.3, -0.25) is 47.7 Å². The van der Waals surface area contributed by atoms with Gasteiger partial charge in [0.15, 0.2) is 17.3 Å². The van der Waals surface area contributed by atoms with Gasteiger partial charge in [-0.05, 0) is 322 Å². The number of aryl methyl sites for hydroxylation is 1. The van der Waals surface area contributed by atoms with Gasteiger partial charge in [-0.2, -0.15) is 68.9 Å². The number of alkyl carbamates (subject to hydrolysis) is 1. The fourth-order valence-corrected chi connectivity index (χ4v) is 18.8. The molecule has 16 rings (SSSR count). The molecule has 10 aliphatic rings. The van der Waals surface area contributed by atoms with Gasteiger partial charge in [-0.15, -0.1) is 0 Å². The summed E-state index contributed by atoms with van der Waals surface area (Å²) >= 11 is 12.9. The number of amides is 2. The van der Waals surface area contributed by atoms with Crippen LogP contribution in [-0.4, -0.2) is 158 Å². The number of carbonyl (C=O) groups is 6. The van der Waals surface area contributed by atoms with Crippen molar-refractivity contribution in [2.45, 2.75) is 266 Å². The molecular weight excluding hydrogens is 2120 g/mol. The lowest BCUT2D eigenvalue weighted by atomic mass is 9.93. The van der Waals surface area contributed by atoms with Crippen molar-refractivity contribution in [3.05, 3.63) is 89.7 Å². The van der Waals surface area contributed by atoms with E-state index in [0.717, 1.165) is 141 Å². The summed E-state index contributed by atoms with van der Waals surface area (Å²) in [5.41, 5.74) is 12.3. The number of carboxylic acids is 1. The topological polar surface area (TPSA) is 443 Å². The number of fused-ring (bicyclic) bond motifs is 4. The number of ketones is 3. The van der Waals surface area contributed by atoms with Crippen LogP contribution in [0.1, 0.15) is 258 Å². The van der Waals surface area contributed by atoms with E-state index in [2.05, 4.69) is 186 Å². The molecule has 0 saturated heterocycles. The zero-order chi connectivity index (χ0) is 82.9. The van der Waals surface area contributed by atoms with E-state index < -0.39 is 11.6 Å². The van der Waals surface area contributed by atoms with Crippen molar-refractivity contribution in [2.75, 3.05) is 6.61 Å². The van der Waals surface area contributed by atoms with E-state index >= 15 is 0 Å². The monoisotopic (exact) mass is 2210 g/mol. The summed E-state index contributed by atoms with van der Waals surface area (Å²) in [6, 6.07) is 0. The standard InChI is InChI=1S/C16H26IN3O2.C11H13IN2O.C10H10IN3O2.C10H12IN3O.C10H11IN2O2.C7H11IN2.C5H10O.4CO2/c1-6-11-12(7-2)20(19-13(11)17)10-16(8-9-16)18-14(21)22-15(3,4)5;1-7(15)9-8-2-3-11(4-5-11)6-14(8)13-10(9)12;1-5(15)6-7-9(16)12-10(2-3-10)4-14(7)13-8(6)11;1-6(15)8-7-4-12-10(2-3-10)5-14(7)13-9(8)11;11-8-7(9(14)15)6-1-2-10(3-4-10)5-13(6)12-8;1-3-5-6(4-2)9-10-7(5)8;1-5(4-6)2-3-5;4*2-1-3/h6-10H2,1-5H3,(H,18,21);2-6H2,1H3;2-4H2,1H3,(H,12,16);12H,2-5H2,1H3;1-5H2,(H,14,15);3-4H2,1-2H3,(H,9,10);6H,2-4H2,1H3;;;;. The number of Topliss-reactive ketones (excluding diaryl/α,β-unsaturated/α-hetero) is 3. The van der Waals surface area contributed by atoms with E-state index in [1.807, 2.05) is 75.3 Å². The lowest BCUT2D eigenvalue weighted by molar-refractivity contribution is -0.193. The SMILES string of the molecule is CC(=O)c1c(I)nn2c1C(=O)NC1(CC1)C2.CC(=O)c1c(I)nn2c1CCC1(CC1)C2.CC(=O)c1c(I)nn2c1CNC1(CC1)C2.CC1(CO)CC1.CCc1[nH]nc(I)c1CC.CCc1c(I)nn(CC2(NC(=O)OC(C)(C)C)CC2)c1CC.O=C(O)c1c(I)nn2c1CCC1(CC1)C2.O=C=O.O=C=O.O=C=O.O=C=O. The molecule has 38 heteroatoms. The fraction of sp³-hybridized carbons (Fsp3) is 0.616. The predicted molar refractivity (Wildman–Crippen MR) is 445 cm³/mol. The summed E-state index contributed by atoms with van der Waals surface area (Å²) in [6.45, 7) is 26.5. The number of carboxylic acid groups (broad SMARTS) is 1. The molecule has 10 heterocycles. The van der Waals surface area contributed by atoms with Crippen molar-refractivity contribution in [1.29, 1.82) is 0 Å². The third kappa shape index (κ3) is 25.6. The molecule has 4 spiro atoms. The summed E-state index contributed by atoms with van der Waals surface area (Å²) < 4.78 is 20.3. The zero-order valence-corrected chi connectivity index (χ0v) is 76.7. The number of hydrogen-bond acceptors (Lipinski definition) is 23. The fourth-order valence-electron chi connectivity index (χ4n) is 13.4. The highest BCUT2D eigenvalue weighted by molar-refractivity contribution is 14.1. The number of hydrogen-bond donors (Lipinski definition) is 6. The Hall–Kier alpha value is -5.70. The second-order valence-electron chi connectivity index (χ2n) is 30.3. The second kappa shape index (κ2) is 40.7. The number of carbonyl (C=O) groups excluding carboxylic acids is 13. The number of rotatable bonds is 12. The van der Waals surface area contributed by atoms with Crippen LogP contribution in [0.4, 0.5) is 4.79 Å². The van der Waals surface area contributed by atoms with E-state index in [-0.39, 0.29) is 65.0 Å². The van der Waals surface area contributed by atoms with Crippen LogP contribution in [0.5, 0.6) is 0 Å². The number of aliphatic hydroxyl groups excluding tert-OH is 1. The first kappa shape index (κ1) is 94.2. The van der Waals surface area contributed by atoms with Crippen molar-refractivity contribution >= 4 is 195 Å². The van der Waals surface area contributed by atoms with E-state index in [9.17, 15) is 28.8 Å². The van der Waals surface area contributed by atoms with Crippen LogP contribution in [0.2, 0.25) is 0 Å². The van der Waals surface area contributed by atoms with Gasteiger partial charge >= 0.3 is 36.7 Å². The van der Waals surface area contributed by atoms with E-state index in [0.29, 0.717) is 59.2 Å². The van der Waals surface area contributed by atoms with Crippen LogP contribution in [0.25, 0.3) is 0 Å². The average molecular weight is 2210 g/mol. The first-order chi connectivity index (χ1) is 52.3. The third-order valence-electron chi connectivity index (χ3n) is 20.7. The Morgan fingerprint density at radius 3 is 1.34 bits per heavy atom.